The largest absolute Gasteiger partial charge is 0.484 e. The van der Waals surface area contributed by atoms with Gasteiger partial charge in [-0.1, -0.05) is 18.2 Å². The second-order valence-electron chi connectivity index (χ2n) is 7.24. The minimum absolute atomic E-state index is 0.0225. The van der Waals surface area contributed by atoms with Crippen molar-refractivity contribution in [3.8, 4) is 5.75 Å². The maximum Gasteiger partial charge on any atom is 0.262 e. The lowest BCUT2D eigenvalue weighted by molar-refractivity contribution is -0.122. The number of fused-ring (bicyclic) bond motifs is 4. The van der Waals surface area contributed by atoms with Crippen LogP contribution in [0.1, 0.15) is 25.7 Å². The number of rotatable bonds is 9. The zero-order chi connectivity index (χ0) is 22.4. The third-order valence-electron chi connectivity index (χ3n) is 4.96. The molecule has 2 amide bonds. The molecule has 1 fully saturated rings. The Balaban J connectivity index is 1.42. The monoisotopic (exact) mass is 449 g/mol. The molecular formula is C22H25ClFN3O4. The Hall–Kier alpha value is -2.84. The summed E-state index contributed by atoms with van der Waals surface area (Å²) in [6.07, 6.45) is 4.62. The van der Waals surface area contributed by atoms with E-state index in [0.29, 0.717) is 24.2 Å². The van der Waals surface area contributed by atoms with E-state index in [0.717, 1.165) is 36.6 Å². The number of carbonyl (C=O) groups is 2. The van der Waals surface area contributed by atoms with Gasteiger partial charge in [0.25, 0.3) is 11.8 Å². The lowest BCUT2D eigenvalue weighted by atomic mass is 10.0. The smallest absolute Gasteiger partial charge is 0.262 e. The summed E-state index contributed by atoms with van der Waals surface area (Å²) in [5, 5.41) is 8.71. The predicted molar refractivity (Wildman–Crippen MR) is 115 cm³/mol. The SMILES string of the molecule is C=C(CCNC(=O)C1=C2CCCC(=C1)NC2OC)NC(=O)COc1ccc(Cl)c(F)c1. The molecule has 2 bridgehead atoms. The van der Waals surface area contributed by atoms with Crippen molar-refractivity contribution in [1.82, 2.24) is 16.0 Å². The van der Waals surface area contributed by atoms with Crippen LogP contribution < -0.4 is 20.7 Å². The summed E-state index contributed by atoms with van der Waals surface area (Å²) in [5.74, 6) is -1.04. The fourth-order valence-corrected chi connectivity index (χ4v) is 3.55. The van der Waals surface area contributed by atoms with Crippen LogP contribution in [0.3, 0.4) is 0 Å². The third-order valence-corrected chi connectivity index (χ3v) is 5.27. The maximum absolute atomic E-state index is 13.4. The summed E-state index contributed by atoms with van der Waals surface area (Å²) in [6, 6.07) is 3.93. The van der Waals surface area contributed by atoms with Crippen molar-refractivity contribution in [3.63, 3.8) is 0 Å². The van der Waals surface area contributed by atoms with E-state index in [1.54, 1.807) is 7.11 Å². The molecule has 7 nitrogen and oxygen atoms in total. The van der Waals surface area contributed by atoms with Crippen LogP contribution in [0.2, 0.25) is 5.02 Å². The van der Waals surface area contributed by atoms with Gasteiger partial charge in [0, 0.05) is 43.1 Å². The highest BCUT2D eigenvalue weighted by Crippen LogP contribution is 2.30. The molecule has 1 aliphatic carbocycles. The zero-order valence-corrected chi connectivity index (χ0v) is 18.0. The lowest BCUT2D eigenvalue weighted by Gasteiger charge is -2.25. The Morgan fingerprint density at radius 2 is 2.16 bits per heavy atom. The quantitative estimate of drug-likeness (QED) is 0.539. The summed E-state index contributed by atoms with van der Waals surface area (Å²) in [4.78, 5) is 24.6. The Morgan fingerprint density at radius 1 is 1.35 bits per heavy atom. The number of amides is 2. The Labute approximate surface area is 185 Å². The average Bonchev–Trinajstić information content (AvgIpc) is 3.08. The Morgan fingerprint density at radius 3 is 2.90 bits per heavy atom. The molecule has 1 aromatic carbocycles. The molecule has 0 spiro atoms. The maximum atomic E-state index is 13.4. The van der Waals surface area contributed by atoms with E-state index in [-0.39, 0.29) is 29.5 Å². The Kier molecular flexibility index (Phi) is 7.70. The van der Waals surface area contributed by atoms with Crippen LogP contribution in [0.15, 0.2) is 53.4 Å². The second kappa shape index (κ2) is 10.5. The molecule has 4 rings (SSSR count). The van der Waals surface area contributed by atoms with Crippen LogP contribution in [0.25, 0.3) is 0 Å². The molecule has 0 aromatic heterocycles. The summed E-state index contributed by atoms with van der Waals surface area (Å²) in [7, 11) is 1.61. The fraction of sp³-hybridized carbons (Fsp3) is 0.364. The minimum Gasteiger partial charge on any atom is -0.484 e. The molecule has 0 saturated carbocycles. The van der Waals surface area contributed by atoms with Crippen LogP contribution >= 0.6 is 11.6 Å². The molecule has 2 heterocycles. The Bertz CT molecular complexity index is 945. The molecule has 3 N–H and O–H groups in total. The highest BCUT2D eigenvalue weighted by atomic mass is 35.5. The van der Waals surface area contributed by atoms with Crippen LogP contribution in [-0.4, -0.2) is 38.3 Å². The van der Waals surface area contributed by atoms with Gasteiger partial charge in [-0.25, -0.2) is 4.39 Å². The van der Waals surface area contributed by atoms with Crippen molar-refractivity contribution in [2.75, 3.05) is 20.3 Å². The normalized spacial score (nSPS) is 17.4. The number of carbonyl (C=O) groups excluding carboxylic acids is 2. The molecule has 1 atom stereocenters. The molecule has 1 unspecified atom stereocenters. The first-order valence-electron chi connectivity index (χ1n) is 9.94. The van der Waals surface area contributed by atoms with Crippen LogP contribution in [0.5, 0.6) is 5.75 Å². The predicted octanol–water partition coefficient (Wildman–Crippen LogP) is 2.93. The van der Waals surface area contributed by atoms with E-state index < -0.39 is 11.7 Å². The highest BCUT2D eigenvalue weighted by Gasteiger charge is 2.28. The second-order valence-corrected chi connectivity index (χ2v) is 7.65. The molecule has 31 heavy (non-hydrogen) atoms. The number of hydrogen-bond donors (Lipinski definition) is 3. The van der Waals surface area contributed by atoms with E-state index in [1.807, 2.05) is 6.08 Å². The molecule has 166 valence electrons. The average molecular weight is 450 g/mol. The number of allylic oxidation sites excluding steroid dienone is 1. The van der Waals surface area contributed by atoms with Gasteiger partial charge in [0.15, 0.2) is 6.61 Å². The molecule has 0 radical (unpaired) electrons. The van der Waals surface area contributed by atoms with Crippen LogP contribution in [0.4, 0.5) is 4.39 Å². The van der Waals surface area contributed by atoms with E-state index in [9.17, 15) is 14.0 Å². The number of benzene rings is 1. The summed E-state index contributed by atoms with van der Waals surface area (Å²) in [6.45, 7) is 3.80. The first kappa shape index (κ1) is 22.8. The van der Waals surface area contributed by atoms with Crippen LogP contribution in [0, 0.1) is 5.82 Å². The zero-order valence-electron chi connectivity index (χ0n) is 17.2. The topological polar surface area (TPSA) is 88.7 Å². The van der Waals surface area contributed by atoms with E-state index in [1.165, 1.54) is 12.1 Å². The van der Waals surface area contributed by atoms with E-state index in [2.05, 4.69) is 22.5 Å². The molecule has 3 aliphatic rings. The van der Waals surface area contributed by atoms with Crippen molar-refractivity contribution >= 4 is 23.4 Å². The van der Waals surface area contributed by atoms with E-state index in [4.69, 9.17) is 21.1 Å². The number of methoxy groups -OCH3 is 1. The van der Waals surface area contributed by atoms with Gasteiger partial charge in [-0.3, -0.25) is 9.59 Å². The molecule has 1 saturated heterocycles. The molecule has 9 heteroatoms. The molecule has 2 aliphatic heterocycles. The van der Waals surface area contributed by atoms with Gasteiger partial charge in [0.05, 0.1) is 5.02 Å². The fourth-order valence-electron chi connectivity index (χ4n) is 3.43. The summed E-state index contributed by atoms with van der Waals surface area (Å²) in [5.41, 5.74) is 3.02. The van der Waals surface area contributed by atoms with Crippen molar-refractivity contribution < 1.29 is 23.5 Å². The number of nitrogens with one attached hydrogen (secondary N) is 3. The van der Waals surface area contributed by atoms with Crippen molar-refractivity contribution in [2.24, 2.45) is 0 Å². The number of hydrogen-bond acceptors (Lipinski definition) is 5. The minimum atomic E-state index is -0.624. The van der Waals surface area contributed by atoms with Gasteiger partial charge in [0.2, 0.25) is 0 Å². The standard InChI is InChI=1S/C22H25ClFN3O4/c1-13(26-20(28)12-31-15-6-7-18(23)19(24)11-15)8-9-25-21(29)17-10-14-4-3-5-16(17)22(27-14)30-2/h6-7,10-11,22,27H,1,3-5,8-9,12H2,2H3,(H,25,29)(H,26,28). The van der Waals surface area contributed by atoms with Crippen molar-refractivity contribution in [1.29, 1.82) is 0 Å². The number of dihydropyridines is 1. The summed E-state index contributed by atoms with van der Waals surface area (Å²) >= 11 is 5.61. The van der Waals surface area contributed by atoms with Crippen LogP contribution in [-0.2, 0) is 14.3 Å². The molecule has 1 aromatic rings. The van der Waals surface area contributed by atoms with Crippen molar-refractivity contribution in [2.45, 2.75) is 31.9 Å². The van der Waals surface area contributed by atoms with Gasteiger partial charge in [-0.2, -0.15) is 0 Å². The van der Waals surface area contributed by atoms with Crippen molar-refractivity contribution in [3.05, 3.63) is 64.2 Å². The van der Waals surface area contributed by atoms with Gasteiger partial charge < -0.3 is 25.4 Å². The molecular weight excluding hydrogens is 425 g/mol. The first-order valence-corrected chi connectivity index (χ1v) is 10.3. The lowest BCUT2D eigenvalue weighted by Crippen LogP contribution is -2.37. The third kappa shape index (κ3) is 6.08. The first-order chi connectivity index (χ1) is 14.9. The van der Waals surface area contributed by atoms with Gasteiger partial charge >= 0.3 is 0 Å². The van der Waals surface area contributed by atoms with Gasteiger partial charge in [-0.05, 0) is 43.0 Å². The number of halogens is 2. The number of ether oxygens (including phenoxy) is 2. The van der Waals surface area contributed by atoms with Gasteiger partial charge in [0.1, 0.15) is 17.8 Å². The van der Waals surface area contributed by atoms with E-state index >= 15 is 0 Å². The summed E-state index contributed by atoms with van der Waals surface area (Å²) < 4.78 is 24.1. The van der Waals surface area contributed by atoms with Gasteiger partial charge in [-0.15, -0.1) is 0 Å². The highest BCUT2D eigenvalue weighted by molar-refractivity contribution is 6.30.